The molecule has 0 saturated heterocycles. The number of hydrogen-bond acceptors (Lipinski definition) is 0. The maximum absolute atomic E-state index is 4.05. The van der Waals surface area contributed by atoms with Crippen molar-refractivity contribution in [1.82, 2.24) is 0 Å². The maximum atomic E-state index is 4.05. The molecular formula is C11H16. The molecule has 0 aliphatic heterocycles. The van der Waals surface area contributed by atoms with Crippen LogP contribution in [0.15, 0.2) is 35.5 Å². The van der Waals surface area contributed by atoms with Crippen molar-refractivity contribution in [2.45, 2.75) is 33.1 Å². The zero-order valence-corrected chi connectivity index (χ0v) is 7.54. The Morgan fingerprint density at radius 3 is 2.18 bits per heavy atom. The molecular weight excluding hydrogens is 132 g/mol. The molecule has 11 heavy (non-hydrogen) atoms. The highest BCUT2D eigenvalue weighted by Crippen LogP contribution is 2.32. The summed E-state index contributed by atoms with van der Waals surface area (Å²) in [7, 11) is 0. The Hall–Kier alpha value is -0.780. The van der Waals surface area contributed by atoms with E-state index in [4.69, 9.17) is 0 Å². The highest BCUT2D eigenvalue weighted by molar-refractivity contribution is 5.45. The van der Waals surface area contributed by atoms with E-state index < -0.39 is 0 Å². The van der Waals surface area contributed by atoms with Gasteiger partial charge >= 0.3 is 0 Å². The van der Waals surface area contributed by atoms with E-state index in [1.54, 1.807) is 0 Å². The Labute approximate surface area is 69.3 Å². The van der Waals surface area contributed by atoms with Crippen molar-refractivity contribution in [2.75, 3.05) is 0 Å². The Morgan fingerprint density at radius 1 is 1.18 bits per heavy atom. The van der Waals surface area contributed by atoms with Gasteiger partial charge in [0.05, 0.1) is 0 Å². The molecule has 0 N–H and O–H groups in total. The minimum Gasteiger partial charge on any atom is -0.0955 e. The Bertz CT molecular complexity index is 228. The summed E-state index contributed by atoms with van der Waals surface area (Å²) in [6.07, 6.45) is 3.32. The maximum Gasteiger partial charge on any atom is -0.0241 e. The van der Waals surface area contributed by atoms with Crippen molar-refractivity contribution in [3.05, 3.63) is 35.5 Å². The highest BCUT2D eigenvalue weighted by atomic mass is 14.2. The molecule has 0 atom stereocenters. The summed E-state index contributed by atoms with van der Waals surface area (Å²) in [5.74, 6) is 0. The SMILES string of the molecule is C=C1CCC(=C)C(CC)=C1C. The fraction of sp³-hybridized carbons (Fsp3) is 0.455. The lowest BCUT2D eigenvalue weighted by Crippen LogP contribution is -2.01. The van der Waals surface area contributed by atoms with Crippen LogP contribution in [0.5, 0.6) is 0 Å². The van der Waals surface area contributed by atoms with Gasteiger partial charge in [0.2, 0.25) is 0 Å². The topological polar surface area (TPSA) is 0 Å². The molecule has 0 saturated carbocycles. The van der Waals surface area contributed by atoms with E-state index in [1.165, 1.54) is 22.3 Å². The molecule has 60 valence electrons. The molecule has 0 aromatic carbocycles. The van der Waals surface area contributed by atoms with E-state index in [9.17, 15) is 0 Å². The fourth-order valence-electron chi connectivity index (χ4n) is 1.63. The second-order valence-electron chi connectivity index (χ2n) is 3.16. The summed E-state index contributed by atoms with van der Waals surface area (Å²) >= 11 is 0. The van der Waals surface area contributed by atoms with Gasteiger partial charge in [0.1, 0.15) is 0 Å². The lowest BCUT2D eigenvalue weighted by Gasteiger charge is -2.21. The third-order valence-electron chi connectivity index (χ3n) is 2.49. The van der Waals surface area contributed by atoms with Crippen LogP contribution in [0.3, 0.4) is 0 Å². The Balaban J connectivity index is 3.03. The zero-order chi connectivity index (χ0) is 8.43. The average Bonchev–Trinajstić information content (AvgIpc) is 1.99. The molecule has 0 nitrogen and oxygen atoms in total. The van der Waals surface area contributed by atoms with Crippen molar-refractivity contribution in [2.24, 2.45) is 0 Å². The van der Waals surface area contributed by atoms with Crippen LogP contribution in [0, 0.1) is 0 Å². The van der Waals surface area contributed by atoms with Crippen LogP contribution in [0.4, 0.5) is 0 Å². The van der Waals surface area contributed by atoms with E-state index >= 15 is 0 Å². The van der Waals surface area contributed by atoms with E-state index in [0.717, 1.165) is 19.3 Å². The Kier molecular flexibility index (Phi) is 2.33. The summed E-state index contributed by atoms with van der Waals surface area (Å²) < 4.78 is 0. The third kappa shape index (κ3) is 1.45. The number of rotatable bonds is 1. The standard InChI is InChI=1S/C11H16/c1-5-11-9(3)7-6-8(2)10(11)4/h2-3,5-7H2,1,4H3. The first-order valence-corrected chi connectivity index (χ1v) is 4.22. The van der Waals surface area contributed by atoms with Crippen molar-refractivity contribution in [3.63, 3.8) is 0 Å². The van der Waals surface area contributed by atoms with Crippen molar-refractivity contribution >= 4 is 0 Å². The minimum atomic E-state index is 1.10. The molecule has 0 aromatic rings. The molecule has 0 heteroatoms. The van der Waals surface area contributed by atoms with Gasteiger partial charge in [-0.1, -0.05) is 31.2 Å². The summed E-state index contributed by atoms with van der Waals surface area (Å²) in [6.45, 7) is 12.4. The normalized spacial score (nSPS) is 19.5. The first kappa shape index (κ1) is 8.32. The van der Waals surface area contributed by atoms with Gasteiger partial charge in [0.25, 0.3) is 0 Å². The van der Waals surface area contributed by atoms with E-state index in [2.05, 4.69) is 27.0 Å². The van der Waals surface area contributed by atoms with Gasteiger partial charge in [0, 0.05) is 0 Å². The van der Waals surface area contributed by atoms with Crippen molar-refractivity contribution in [3.8, 4) is 0 Å². The Morgan fingerprint density at radius 2 is 1.73 bits per heavy atom. The number of hydrogen-bond donors (Lipinski definition) is 0. The van der Waals surface area contributed by atoms with Crippen LogP contribution in [0.25, 0.3) is 0 Å². The largest absolute Gasteiger partial charge is 0.0955 e. The monoisotopic (exact) mass is 148 g/mol. The van der Waals surface area contributed by atoms with Gasteiger partial charge in [-0.3, -0.25) is 0 Å². The van der Waals surface area contributed by atoms with E-state index in [1.807, 2.05) is 0 Å². The van der Waals surface area contributed by atoms with Crippen molar-refractivity contribution in [1.29, 1.82) is 0 Å². The van der Waals surface area contributed by atoms with E-state index in [-0.39, 0.29) is 0 Å². The molecule has 0 fully saturated rings. The lowest BCUT2D eigenvalue weighted by atomic mass is 9.85. The summed E-state index contributed by atoms with van der Waals surface area (Å²) in [6, 6.07) is 0. The van der Waals surface area contributed by atoms with Gasteiger partial charge in [-0.15, -0.1) is 0 Å². The van der Waals surface area contributed by atoms with Crippen LogP contribution in [-0.4, -0.2) is 0 Å². The first-order valence-electron chi connectivity index (χ1n) is 4.22. The van der Waals surface area contributed by atoms with Crippen LogP contribution >= 0.6 is 0 Å². The summed E-state index contributed by atoms with van der Waals surface area (Å²) in [5.41, 5.74) is 5.43. The molecule has 1 aliphatic rings. The zero-order valence-electron chi connectivity index (χ0n) is 7.54. The quantitative estimate of drug-likeness (QED) is 0.532. The fourth-order valence-corrected chi connectivity index (χ4v) is 1.63. The first-order chi connectivity index (χ1) is 5.16. The van der Waals surface area contributed by atoms with Crippen molar-refractivity contribution < 1.29 is 0 Å². The van der Waals surface area contributed by atoms with Crippen LogP contribution < -0.4 is 0 Å². The van der Waals surface area contributed by atoms with Gasteiger partial charge in [-0.25, -0.2) is 0 Å². The molecule has 0 bridgehead atoms. The van der Waals surface area contributed by atoms with E-state index in [0.29, 0.717) is 0 Å². The second-order valence-corrected chi connectivity index (χ2v) is 3.16. The average molecular weight is 148 g/mol. The third-order valence-corrected chi connectivity index (χ3v) is 2.49. The second kappa shape index (κ2) is 3.08. The van der Waals surface area contributed by atoms with Crippen LogP contribution in [0.2, 0.25) is 0 Å². The molecule has 0 aromatic heterocycles. The molecule has 0 heterocycles. The number of allylic oxidation sites excluding steroid dienone is 4. The van der Waals surface area contributed by atoms with Gasteiger partial charge < -0.3 is 0 Å². The summed E-state index contributed by atoms with van der Waals surface area (Å²) in [5, 5.41) is 0. The molecule has 0 spiro atoms. The predicted octanol–water partition coefficient (Wildman–Crippen LogP) is 3.62. The molecule has 0 amide bonds. The van der Waals surface area contributed by atoms with Gasteiger partial charge in [0.15, 0.2) is 0 Å². The highest BCUT2D eigenvalue weighted by Gasteiger charge is 2.13. The predicted molar refractivity (Wildman–Crippen MR) is 50.5 cm³/mol. The lowest BCUT2D eigenvalue weighted by molar-refractivity contribution is 0.868. The molecule has 1 aliphatic carbocycles. The van der Waals surface area contributed by atoms with Gasteiger partial charge in [-0.05, 0) is 37.3 Å². The smallest absolute Gasteiger partial charge is 0.0241 e. The minimum absolute atomic E-state index is 1.10. The molecule has 1 rings (SSSR count). The van der Waals surface area contributed by atoms with Crippen LogP contribution in [-0.2, 0) is 0 Å². The van der Waals surface area contributed by atoms with Gasteiger partial charge in [-0.2, -0.15) is 0 Å². The summed E-state index contributed by atoms with van der Waals surface area (Å²) in [4.78, 5) is 0. The van der Waals surface area contributed by atoms with Crippen LogP contribution in [0.1, 0.15) is 33.1 Å². The molecule has 0 radical (unpaired) electrons. The molecule has 0 unspecified atom stereocenters.